The van der Waals surface area contributed by atoms with Gasteiger partial charge >= 0.3 is 0 Å². The van der Waals surface area contributed by atoms with Crippen molar-refractivity contribution >= 4 is 17.4 Å². The zero-order valence-electron chi connectivity index (χ0n) is 15.2. The molecule has 0 spiro atoms. The van der Waals surface area contributed by atoms with Gasteiger partial charge in [-0.1, -0.05) is 12.1 Å². The number of aliphatic hydroxyl groups excluding tert-OH is 1. The zero-order valence-corrected chi connectivity index (χ0v) is 15.2. The van der Waals surface area contributed by atoms with Crippen LogP contribution in [0.15, 0.2) is 78.8 Å². The molecule has 1 saturated heterocycles. The fourth-order valence-corrected chi connectivity index (χ4v) is 3.34. The summed E-state index contributed by atoms with van der Waals surface area (Å²) < 4.78 is 13.3. The third-order valence-electron chi connectivity index (χ3n) is 4.70. The molecule has 1 N–H and O–H groups in total. The van der Waals surface area contributed by atoms with Crippen LogP contribution in [0.5, 0.6) is 0 Å². The number of ketones is 1. The highest BCUT2D eigenvalue weighted by Gasteiger charge is 2.46. The van der Waals surface area contributed by atoms with E-state index in [0.29, 0.717) is 5.69 Å². The highest BCUT2D eigenvalue weighted by atomic mass is 19.1. The summed E-state index contributed by atoms with van der Waals surface area (Å²) in [6.45, 7) is 0.125. The molecule has 0 radical (unpaired) electrons. The van der Waals surface area contributed by atoms with Crippen molar-refractivity contribution in [1.29, 1.82) is 0 Å². The minimum atomic E-state index is -0.874. The normalized spacial score (nSPS) is 18.2. The number of halogens is 1. The standard InChI is InChI=1S/C22H16FN3O3/c23-16-8-6-15(7-9-16)20(27)18-19(17-5-1-2-11-25-17)26(22(29)21(18)28)13-14-4-3-10-24-12-14/h1-12,19,27H,13H2. The number of benzene rings is 1. The summed E-state index contributed by atoms with van der Waals surface area (Å²) in [5.74, 6) is -2.40. The average molecular weight is 389 g/mol. The van der Waals surface area contributed by atoms with Crippen LogP contribution in [0.3, 0.4) is 0 Å². The molecule has 3 heterocycles. The number of pyridine rings is 2. The van der Waals surface area contributed by atoms with E-state index in [4.69, 9.17) is 0 Å². The van der Waals surface area contributed by atoms with Crippen molar-refractivity contribution in [1.82, 2.24) is 14.9 Å². The Morgan fingerprint density at radius 3 is 2.48 bits per heavy atom. The van der Waals surface area contributed by atoms with Crippen molar-refractivity contribution in [3.05, 3.63) is 101 Å². The van der Waals surface area contributed by atoms with Gasteiger partial charge in [-0.25, -0.2) is 4.39 Å². The Balaban J connectivity index is 1.85. The molecular formula is C22H16FN3O3. The van der Waals surface area contributed by atoms with E-state index in [1.807, 2.05) is 0 Å². The van der Waals surface area contributed by atoms with Gasteiger partial charge in [0.15, 0.2) is 0 Å². The van der Waals surface area contributed by atoms with Crippen molar-refractivity contribution in [3.63, 3.8) is 0 Å². The van der Waals surface area contributed by atoms with E-state index in [1.165, 1.54) is 29.2 Å². The Morgan fingerprint density at radius 2 is 1.83 bits per heavy atom. The third kappa shape index (κ3) is 3.50. The molecule has 1 aliphatic rings. The van der Waals surface area contributed by atoms with Gasteiger partial charge in [-0.05, 0) is 48.0 Å². The summed E-state index contributed by atoms with van der Waals surface area (Å²) in [6.07, 6.45) is 4.77. The quantitative estimate of drug-likeness (QED) is 0.421. The molecule has 1 fully saturated rings. The Morgan fingerprint density at radius 1 is 1.03 bits per heavy atom. The predicted octanol–water partition coefficient (Wildman–Crippen LogP) is 3.24. The lowest BCUT2D eigenvalue weighted by molar-refractivity contribution is -0.140. The fraction of sp³-hybridized carbons (Fsp3) is 0.0909. The number of nitrogens with zero attached hydrogens (tertiary/aromatic N) is 3. The second kappa shape index (κ2) is 7.63. The molecule has 1 aliphatic heterocycles. The molecule has 144 valence electrons. The van der Waals surface area contributed by atoms with Crippen LogP contribution in [-0.2, 0) is 16.1 Å². The van der Waals surface area contributed by atoms with Crippen LogP contribution in [0, 0.1) is 5.82 Å². The molecule has 3 aromatic rings. The summed E-state index contributed by atoms with van der Waals surface area (Å²) in [5, 5.41) is 10.8. The number of likely N-dealkylation sites (tertiary alicyclic amines) is 1. The van der Waals surface area contributed by atoms with Gasteiger partial charge in [0.1, 0.15) is 17.6 Å². The number of hydrogen-bond acceptors (Lipinski definition) is 5. The van der Waals surface area contributed by atoms with Crippen LogP contribution in [0.25, 0.3) is 5.76 Å². The molecule has 0 bridgehead atoms. The van der Waals surface area contributed by atoms with Crippen molar-refractivity contribution in [2.45, 2.75) is 12.6 Å². The smallest absolute Gasteiger partial charge is 0.296 e. The Kier molecular flexibility index (Phi) is 4.87. The van der Waals surface area contributed by atoms with Crippen LogP contribution < -0.4 is 0 Å². The molecule has 2 aromatic heterocycles. The molecule has 29 heavy (non-hydrogen) atoms. The molecule has 6 nitrogen and oxygen atoms in total. The molecule has 0 aliphatic carbocycles. The lowest BCUT2D eigenvalue weighted by Gasteiger charge is -2.24. The summed E-state index contributed by atoms with van der Waals surface area (Å²) in [7, 11) is 0. The van der Waals surface area contributed by atoms with Crippen molar-refractivity contribution in [2.24, 2.45) is 0 Å². The van der Waals surface area contributed by atoms with Gasteiger partial charge < -0.3 is 10.0 Å². The Hall–Kier alpha value is -3.87. The number of carbonyl (C=O) groups is 2. The lowest BCUT2D eigenvalue weighted by Crippen LogP contribution is -2.29. The van der Waals surface area contributed by atoms with E-state index in [-0.39, 0.29) is 23.4 Å². The van der Waals surface area contributed by atoms with Crippen molar-refractivity contribution in [2.75, 3.05) is 0 Å². The van der Waals surface area contributed by atoms with Gasteiger partial charge in [0.05, 0.1) is 11.3 Å². The van der Waals surface area contributed by atoms with Gasteiger partial charge in [0.25, 0.3) is 11.7 Å². The van der Waals surface area contributed by atoms with Gasteiger partial charge in [-0.2, -0.15) is 0 Å². The predicted molar refractivity (Wildman–Crippen MR) is 103 cm³/mol. The Labute approximate surface area is 166 Å². The van der Waals surface area contributed by atoms with Gasteiger partial charge in [-0.3, -0.25) is 19.6 Å². The molecule has 1 amide bonds. The monoisotopic (exact) mass is 389 g/mol. The largest absolute Gasteiger partial charge is 0.507 e. The third-order valence-corrected chi connectivity index (χ3v) is 4.70. The number of Topliss-reactive ketones (excluding diaryl/α,β-unsaturated/α-hetero) is 1. The summed E-state index contributed by atoms with van der Waals surface area (Å²) in [4.78, 5) is 35.4. The maximum atomic E-state index is 13.3. The van der Waals surface area contributed by atoms with Crippen LogP contribution in [0.4, 0.5) is 4.39 Å². The first-order valence-corrected chi connectivity index (χ1v) is 8.90. The minimum Gasteiger partial charge on any atom is -0.507 e. The number of rotatable bonds is 4. The van der Waals surface area contributed by atoms with Gasteiger partial charge in [-0.15, -0.1) is 0 Å². The fourth-order valence-electron chi connectivity index (χ4n) is 3.34. The number of hydrogen-bond donors (Lipinski definition) is 1. The van der Waals surface area contributed by atoms with Crippen LogP contribution >= 0.6 is 0 Å². The maximum absolute atomic E-state index is 13.3. The van der Waals surface area contributed by atoms with Crippen molar-refractivity contribution in [3.8, 4) is 0 Å². The number of carbonyl (C=O) groups excluding carboxylic acids is 2. The first-order chi connectivity index (χ1) is 14.1. The highest BCUT2D eigenvalue weighted by Crippen LogP contribution is 2.39. The highest BCUT2D eigenvalue weighted by molar-refractivity contribution is 6.46. The van der Waals surface area contributed by atoms with E-state index < -0.39 is 23.5 Å². The molecule has 1 atom stereocenters. The first-order valence-electron chi connectivity index (χ1n) is 8.90. The van der Waals surface area contributed by atoms with E-state index in [0.717, 1.165) is 5.56 Å². The molecule has 1 aromatic carbocycles. The second-order valence-corrected chi connectivity index (χ2v) is 6.55. The average Bonchev–Trinajstić information content (AvgIpc) is 3.00. The van der Waals surface area contributed by atoms with Gasteiger partial charge in [0.2, 0.25) is 0 Å². The van der Waals surface area contributed by atoms with E-state index in [1.54, 1.807) is 48.9 Å². The SMILES string of the molecule is O=C1C(=O)N(Cc2cccnc2)C(c2ccccn2)C1=C(O)c1ccc(F)cc1. The van der Waals surface area contributed by atoms with Crippen LogP contribution in [0.2, 0.25) is 0 Å². The topological polar surface area (TPSA) is 83.4 Å². The molecule has 7 heteroatoms. The Bertz CT molecular complexity index is 1080. The second-order valence-electron chi connectivity index (χ2n) is 6.55. The van der Waals surface area contributed by atoms with Crippen LogP contribution in [-0.4, -0.2) is 31.7 Å². The number of amides is 1. The first kappa shape index (κ1) is 18.5. The minimum absolute atomic E-state index is 0.0794. The summed E-state index contributed by atoms with van der Waals surface area (Å²) in [6, 6.07) is 12.9. The van der Waals surface area contributed by atoms with E-state index in [2.05, 4.69) is 9.97 Å². The molecule has 4 rings (SSSR count). The molecular weight excluding hydrogens is 373 g/mol. The maximum Gasteiger partial charge on any atom is 0.296 e. The number of aromatic nitrogens is 2. The summed E-state index contributed by atoms with van der Waals surface area (Å²) >= 11 is 0. The van der Waals surface area contributed by atoms with Gasteiger partial charge in [0, 0.05) is 30.7 Å². The number of aliphatic hydroxyl groups is 1. The lowest BCUT2D eigenvalue weighted by atomic mass is 9.98. The van der Waals surface area contributed by atoms with E-state index >= 15 is 0 Å². The van der Waals surface area contributed by atoms with Crippen LogP contribution in [0.1, 0.15) is 22.9 Å². The summed E-state index contributed by atoms with van der Waals surface area (Å²) in [5.41, 5.74) is 1.34. The molecule has 0 saturated carbocycles. The van der Waals surface area contributed by atoms with E-state index in [9.17, 15) is 19.1 Å². The molecule has 1 unspecified atom stereocenters. The van der Waals surface area contributed by atoms with Crippen molar-refractivity contribution < 1.29 is 19.1 Å². The zero-order chi connectivity index (χ0) is 20.4.